The number of aliphatic hydroxyl groups is 1. The molecule has 34 heavy (non-hydrogen) atoms. The van der Waals surface area contributed by atoms with Gasteiger partial charge in [0.1, 0.15) is 5.75 Å². The molecule has 2 aliphatic heterocycles. The van der Waals surface area contributed by atoms with E-state index in [1.165, 1.54) is 11.3 Å². The van der Waals surface area contributed by atoms with Crippen molar-refractivity contribution < 1.29 is 23.1 Å². The number of likely N-dealkylation sites (N-methyl/N-ethyl adjacent to an activating group) is 1. The largest absolute Gasteiger partial charge is 0.484 e. The highest BCUT2D eigenvalue weighted by Crippen LogP contribution is 2.30. The zero-order chi connectivity index (χ0) is 24.5. The fourth-order valence-electron chi connectivity index (χ4n) is 4.62. The van der Waals surface area contributed by atoms with Crippen LogP contribution in [0, 0.1) is 0 Å². The third kappa shape index (κ3) is 6.88. The molecule has 0 aromatic heterocycles. The minimum Gasteiger partial charge on any atom is -0.484 e. The minimum absolute atomic E-state index is 0.0110. The molecule has 0 aliphatic carbocycles. The Morgan fingerprint density at radius 2 is 1.94 bits per heavy atom. The summed E-state index contributed by atoms with van der Waals surface area (Å²) in [4.78, 5) is 19.3. The predicted molar refractivity (Wildman–Crippen MR) is 131 cm³/mol. The van der Waals surface area contributed by atoms with E-state index < -0.39 is 11.6 Å². The molecular formula is C25H33N3O5S. The molecule has 1 amide bonds. The van der Waals surface area contributed by atoms with Crippen LogP contribution in [0.2, 0.25) is 0 Å². The van der Waals surface area contributed by atoms with E-state index >= 15 is 0 Å². The van der Waals surface area contributed by atoms with Gasteiger partial charge < -0.3 is 19.6 Å². The molecule has 2 heterocycles. The summed E-state index contributed by atoms with van der Waals surface area (Å²) in [6, 6.07) is 16.1. The van der Waals surface area contributed by atoms with Crippen molar-refractivity contribution in [3.63, 3.8) is 0 Å². The Bertz CT molecular complexity index is 984. The van der Waals surface area contributed by atoms with Gasteiger partial charge in [0, 0.05) is 46.0 Å². The van der Waals surface area contributed by atoms with Gasteiger partial charge in [-0.15, -0.1) is 0 Å². The van der Waals surface area contributed by atoms with E-state index in [1.54, 1.807) is 4.90 Å². The van der Waals surface area contributed by atoms with Crippen molar-refractivity contribution in [2.24, 2.45) is 0 Å². The maximum atomic E-state index is 13.0. The Labute approximate surface area is 204 Å². The van der Waals surface area contributed by atoms with Crippen LogP contribution in [0.15, 0.2) is 48.5 Å². The molecule has 2 atom stereocenters. The van der Waals surface area contributed by atoms with E-state index in [0.717, 1.165) is 43.7 Å². The zero-order valence-electron chi connectivity index (χ0n) is 19.8. The third-order valence-electron chi connectivity index (χ3n) is 6.49. The van der Waals surface area contributed by atoms with Gasteiger partial charge in [0.15, 0.2) is 6.61 Å². The fourth-order valence-corrected chi connectivity index (χ4v) is 4.62. The molecule has 1 saturated heterocycles. The van der Waals surface area contributed by atoms with Crippen molar-refractivity contribution >= 4 is 23.2 Å². The molecule has 2 aromatic rings. The van der Waals surface area contributed by atoms with Crippen molar-refractivity contribution in [3.8, 4) is 5.75 Å². The number of amides is 1. The number of carbonyl (C=O) groups is 1. The molecule has 8 nitrogen and oxygen atoms in total. The first kappa shape index (κ1) is 25.9. The smallest absolute Gasteiger partial charge is 0.335 e. The monoisotopic (exact) mass is 487 g/mol. The lowest BCUT2D eigenvalue weighted by molar-refractivity contribution is -0.134. The Morgan fingerprint density at radius 1 is 1.21 bits per heavy atom. The molecule has 0 bridgehead atoms. The van der Waals surface area contributed by atoms with Crippen LogP contribution >= 0.6 is 0 Å². The van der Waals surface area contributed by atoms with E-state index in [1.807, 2.05) is 31.3 Å². The molecule has 4 rings (SSSR count). The number of hydrogen-bond acceptors (Lipinski definition) is 7. The zero-order valence-corrected chi connectivity index (χ0v) is 20.6. The van der Waals surface area contributed by atoms with Crippen molar-refractivity contribution in [3.05, 3.63) is 59.7 Å². The second-order valence-electron chi connectivity index (χ2n) is 8.81. The maximum absolute atomic E-state index is 13.0. The van der Waals surface area contributed by atoms with Crippen LogP contribution in [-0.4, -0.2) is 82.2 Å². The molecule has 0 spiro atoms. The summed E-state index contributed by atoms with van der Waals surface area (Å²) >= 11 is -0.750. The highest BCUT2D eigenvalue weighted by Gasteiger charge is 2.28. The highest BCUT2D eigenvalue weighted by molar-refractivity contribution is 7.51. The first-order valence-electron chi connectivity index (χ1n) is 11.5. The second kappa shape index (κ2) is 12.6. The molecule has 184 valence electrons. The molecule has 1 N–H and O–H groups in total. The summed E-state index contributed by atoms with van der Waals surface area (Å²) < 4.78 is 22.5. The number of anilines is 1. The summed E-state index contributed by atoms with van der Waals surface area (Å²) in [5.74, 6) is 0.693. The molecule has 2 aromatic carbocycles. The van der Waals surface area contributed by atoms with Gasteiger partial charge in [-0.05, 0) is 48.6 Å². The second-order valence-corrected chi connectivity index (χ2v) is 8.94. The number of rotatable bonds is 7. The van der Waals surface area contributed by atoms with Crippen molar-refractivity contribution in [1.29, 1.82) is 0 Å². The summed E-state index contributed by atoms with van der Waals surface area (Å²) in [6.07, 6.45) is 2.69. The van der Waals surface area contributed by atoms with Crippen LogP contribution in [0.1, 0.15) is 30.0 Å². The predicted octanol–water partition coefficient (Wildman–Crippen LogP) is 2.04. The number of nitrogens with zero attached hydrogens (tertiary/aromatic N) is 3. The first-order valence-corrected chi connectivity index (χ1v) is 12.2. The normalized spacial score (nSPS) is 18.3. The van der Waals surface area contributed by atoms with Gasteiger partial charge in [0.05, 0.1) is 12.1 Å². The fraction of sp³-hybridized carbons (Fsp3) is 0.480. The van der Waals surface area contributed by atoms with Crippen LogP contribution in [0.5, 0.6) is 5.75 Å². The average Bonchev–Trinajstić information content (AvgIpc) is 3.26. The number of hydrogen-bond donors (Lipinski definition) is 1. The van der Waals surface area contributed by atoms with E-state index in [0.29, 0.717) is 13.1 Å². The Kier molecular flexibility index (Phi) is 9.62. The SMILES string of the molecule is CN1CCCc2cc(OCC(=O)N(C)C(CN3CC[C@H](O)C3)c3ccccc3)ccc21.O=S=O. The highest BCUT2D eigenvalue weighted by atomic mass is 32.1. The lowest BCUT2D eigenvalue weighted by Gasteiger charge is -2.32. The van der Waals surface area contributed by atoms with Crippen LogP contribution < -0.4 is 9.64 Å². The van der Waals surface area contributed by atoms with Crippen molar-refractivity contribution in [2.45, 2.75) is 31.4 Å². The summed E-state index contributed by atoms with van der Waals surface area (Å²) in [7, 11) is 3.96. The van der Waals surface area contributed by atoms with Gasteiger partial charge in [-0.1, -0.05) is 30.3 Å². The van der Waals surface area contributed by atoms with Gasteiger partial charge in [0.25, 0.3) is 5.91 Å². The van der Waals surface area contributed by atoms with Gasteiger partial charge >= 0.3 is 11.6 Å². The van der Waals surface area contributed by atoms with Crippen LogP contribution in [0.3, 0.4) is 0 Å². The number of benzene rings is 2. The lowest BCUT2D eigenvalue weighted by Crippen LogP contribution is -2.40. The lowest BCUT2D eigenvalue weighted by atomic mass is 10.0. The Hall–Kier alpha value is -2.75. The van der Waals surface area contributed by atoms with Gasteiger partial charge in [-0.25, -0.2) is 0 Å². The van der Waals surface area contributed by atoms with Gasteiger partial charge in [-0.3, -0.25) is 9.69 Å². The maximum Gasteiger partial charge on any atom is 0.335 e. The van der Waals surface area contributed by atoms with Gasteiger partial charge in [-0.2, -0.15) is 8.42 Å². The molecule has 2 aliphatic rings. The van der Waals surface area contributed by atoms with Gasteiger partial charge in [0.2, 0.25) is 0 Å². The van der Waals surface area contributed by atoms with E-state index in [9.17, 15) is 9.90 Å². The van der Waals surface area contributed by atoms with Crippen LogP contribution in [0.25, 0.3) is 0 Å². The van der Waals surface area contributed by atoms with Crippen LogP contribution in [0.4, 0.5) is 5.69 Å². The number of fused-ring (bicyclic) bond motifs is 1. The third-order valence-corrected chi connectivity index (χ3v) is 6.49. The quantitative estimate of drug-likeness (QED) is 0.639. The number of likely N-dealkylation sites (tertiary alicyclic amines) is 1. The molecule has 1 fully saturated rings. The number of aliphatic hydroxyl groups excluding tert-OH is 1. The Morgan fingerprint density at radius 3 is 2.62 bits per heavy atom. The Balaban J connectivity index is 0.00000103. The topological polar surface area (TPSA) is 90.4 Å². The average molecular weight is 488 g/mol. The number of β-amino-alcohol motifs (C(OH)–C–C–N with tert-alkyl or cyclic N) is 1. The number of aryl methyl sites for hydroxylation is 1. The summed E-state index contributed by atoms with van der Waals surface area (Å²) in [6.45, 7) is 3.30. The standard InChI is InChI=1S/C25H33N3O3.O2S/c1-26-13-6-9-20-15-22(10-11-23(20)26)31-18-25(30)27(2)24(19-7-4-3-5-8-19)17-28-14-12-21(29)16-28;1-3-2/h3-5,7-8,10-11,15,21,24,29H,6,9,12-14,16-18H2,1-2H3;/t21-,24?;/m0./s1. The van der Waals surface area contributed by atoms with Crippen LogP contribution in [-0.2, 0) is 22.8 Å². The van der Waals surface area contributed by atoms with Crippen molar-refractivity contribution in [2.75, 3.05) is 51.8 Å². The van der Waals surface area contributed by atoms with Crippen molar-refractivity contribution in [1.82, 2.24) is 9.80 Å². The molecule has 0 saturated carbocycles. The summed E-state index contributed by atoms with van der Waals surface area (Å²) in [5, 5.41) is 9.90. The first-order chi connectivity index (χ1) is 16.4. The molecule has 0 radical (unpaired) electrons. The molecule has 9 heteroatoms. The number of carbonyl (C=O) groups excluding carboxylic acids is 1. The van der Waals surface area contributed by atoms with E-state index in [-0.39, 0.29) is 24.7 Å². The number of ether oxygens (including phenoxy) is 1. The van der Waals surface area contributed by atoms with E-state index in [4.69, 9.17) is 13.2 Å². The summed E-state index contributed by atoms with van der Waals surface area (Å²) in [5.41, 5.74) is 3.62. The van der Waals surface area contributed by atoms with E-state index in [2.05, 4.69) is 41.1 Å². The minimum atomic E-state index is -0.750. The molecule has 1 unspecified atom stereocenters. The molecular weight excluding hydrogens is 454 g/mol.